The summed E-state index contributed by atoms with van der Waals surface area (Å²) in [5, 5.41) is 33.0. The van der Waals surface area contributed by atoms with Crippen LogP contribution in [-0.2, 0) is 9.53 Å². The molecule has 1 heterocycles. The van der Waals surface area contributed by atoms with E-state index in [4.69, 9.17) is 4.74 Å². The van der Waals surface area contributed by atoms with Crippen molar-refractivity contribution in [2.45, 2.75) is 83.0 Å². The third-order valence-electron chi connectivity index (χ3n) is 3.61. The molecular weight excluding hydrogens is 262 g/mol. The topological polar surface area (TPSA) is 99.0 Å². The average Bonchev–Trinajstić information content (AvgIpc) is 2.30. The lowest BCUT2D eigenvalue weighted by Gasteiger charge is -2.46. The Morgan fingerprint density at radius 1 is 1.45 bits per heavy atom. The van der Waals surface area contributed by atoms with Crippen molar-refractivity contribution >= 4 is 5.91 Å². The first-order valence-corrected chi connectivity index (χ1v) is 7.17. The van der Waals surface area contributed by atoms with Gasteiger partial charge in [0.25, 0.3) is 0 Å². The molecule has 1 amide bonds. The normalized spacial score (nSPS) is 32.5. The van der Waals surface area contributed by atoms with Crippen LogP contribution in [0.25, 0.3) is 0 Å². The minimum Gasteiger partial charge on any atom is -0.391 e. The van der Waals surface area contributed by atoms with Gasteiger partial charge in [-0.3, -0.25) is 4.79 Å². The zero-order valence-corrected chi connectivity index (χ0v) is 12.7. The van der Waals surface area contributed by atoms with Crippen LogP contribution < -0.4 is 5.32 Å². The Kier molecular flexibility index (Phi) is 5.94. The van der Waals surface area contributed by atoms with Crippen LogP contribution in [0.1, 0.15) is 47.0 Å². The lowest BCUT2D eigenvalue weighted by molar-refractivity contribution is -0.208. The van der Waals surface area contributed by atoms with Crippen LogP contribution in [0, 0.1) is 0 Å². The number of aliphatic hydroxyl groups is 3. The van der Waals surface area contributed by atoms with E-state index in [0.29, 0.717) is 12.8 Å². The molecule has 5 atom stereocenters. The summed E-state index contributed by atoms with van der Waals surface area (Å²) in [4.78, 5) is 11.3. The van der Waals surface area contributed by atoms with Crippen molar-refractivity contribution < 1.29 is 24.9 Å². The van der Waals surface area contributed by atoms with Gasteiger partial charge in [-0.05, 0) is 20.3 Å². The average molecular weight is 289 g/mol. The monoisotopic (exact) mass is 289 g/mol. The number of carbonyl (C=O) groups is 1. The van der Waals surface area contributed by atoms with Crippen molar-refractivity contribution in [1.29, 1.82) is 0 Å². The second kappa shape index (κ2) is 6.85. The zero-order valence-electron chi connectivity index (χ0n) is 12.7. The maximum atomic E-state index is 11.3. The van der Waals surface area contributed by atoms with E-state index in [9.17, 15) is 20.1 Å². The van der Waals surface area contributed by atoms with Gasteiger partial charge >= 0.3 is 0 Å². The van der Waals surface area contributed by atoms with E-state index < -0.39 is 36.1 Å². The van der Waals surface area contributed by atoms with E-state index in [2.05, 4.69) is 5.32 Å². The van der Waals surface area contributed by atoms with Crippen LogP contribution in [0.4, 0.5) is 0 Å². The molecule has 20 heavy (non-hydrogen) atoms. The Balaban J connectivity index is 2.91. The highest BCUT2D eigenvalue weighted by molar-refractivity contribution is 5.73. The Bertz CT molecular complexity index is 334. The third-order valence-corrected chi connectivity index (χ3v) is 3.61. The SMILES string of the molecule is CCC[C@@H](O)[C@@H](O)C1OC(C)(C)C[C@@H](O)C1NC(C)=O. The molecule has 6 nitrogen and oxygen atoms in total. The number of hydrogen-bond donors (Lipinski definition) is 4. The van der Waals surface area contributed by atoms with Gasteiger partial charge in [-0.25, -0.2) is 0 Å². The fraction of sp³-hybridized carbons (Fsp3) is 0.929. The van der Waals surface area contributed by atoms with E-state index in [1.165, 1.54) is 6.92 Å². The first-order chi connectivity index (χ1) is 9.18. The predicted molar refractivity (Wildman–Crippen MR) is 74.1 cm³/mol. The number of ether oxygens (including phenoxy) is 1. The molecule has 0 aromatic rings. The summed E-state index contributed by atoms with van der Waals surface area (Å²) in [6.07, 6.45) is -2.24. The van der Waals surface area contributed by atoms with Crippen LogP contribution in [0.3, 0.4) is 0 Å². The van der Waals surface area contributed by atoms with Gasteiger partial charge in [-0.15, -0.1) is 0 Å². The minimum atomic E-state index is -1.15. The summed E-state index contributed by atoms with van der Waals surface area (Å²) in [6.45, 7) is 6.87. The number of amides is 1. The highest BCUT2D eigenvalue weighted by Crippen LogP contribution is 2.31. The number of hydrogen-bond acceptors (Lipinski definition) is 5. The van der Waals surface area contributed by atoms with E-state index in [1.807, 2.05) is 20.8 Å². The van der Waals surface area contributed by atoms with Crippen molar-refractivity contribution in [2.75, 3.05) is 0 Å². The third kappa shape index (κ3) is 4.41. The minimum absolute atomic E-state index is 0.306. The molecule has 4 N–H and O–H groups in total. The van der Waals surface area contributed by atoms with Crippen molar-refractivity contribution in [3.05, 3.63) is 0 Å². The van der Waals surface area contributed by atoms with Crippen molar-refractivity contribution in [2.24, 2.45) is 0 Å². The number of nitrogens with one attached hydrogen (secondary N) is 1. The Hall–Kier alpha value is -0.690. The molecule has 0 aromatic carbocycles. The summed E-state index contributed by atoms with van der Waals surface area (Å²) in [6, 6.07) is -0.720. The van der Waals surface area contributed by atoms with Crippen LogP contribution in [0.2, 0.25) is 0 Å². The van der Waals surface area contributed by atoms with Gasteiger partial charge < -0.3 is 25.4 Å². The number of aliphatic hydroxyl groups excluding tert-OH is 3. The van der Waals surface area contributed by atoms with Crippen LogP contribution in [0.5, 0.6) is 0 Å². The van der Waals surface area contributed by atoms with Gasteiger partial charge in [-0.2, -0.15) is 0 Å². The van der Waals surface area contributed by atoms with E-state index in [1.54, 1.807) is 0 Å². The van der Waals surface area contributed by atoms with Crippen molar-refractivity contribution in [3.63, 3.8) is 0 Å². The summed E-state index contributed by atoms with van der Waals surface area (Å²) >= 11 is 0. The van der Waals surface area contributed by atoms with Crippen LogP contribution in [0.15, 0.2) is 0 Å². The molecule has 1 saturated heterocycles. The first kappa shape index (κ1) is 17.4. The van der Waals surface area contributed by atoms with Crippen molar-refractivity contribution in [3.8, 4) is 0 Å². The fourth-order valence-corrected chi connectivity index (χ4v) is 2.72. The van der Waals surface area contributed by atoms with Crippen LogP contribution in [-0.4, -0.2) is 57.3 Å². The Morgan fingerprint density at radius 2 is 2.05 bits per heavy atom. The summed E-state index contributed by atoms with van der Waals surface area (Å²) in [7, 11) is 0. The molecular formula is C14H27NO5. The van der Waals surface area contributed by atoms with E-state index >= 15 is 0 Å². The molecule has 0 radical (unpaired) electrons. The predicted octanol–water partition coefficient (Wildman–Crippen LogP) is -0.0586. The highest BCUT2D eigenvalue weighted by Gasteiger charge is 2.46. The van der Waals surface area contributed by atoms with Gasteiger partial charge in [0.15, 0.2) is 0 Å². The highest BCUT2D eigenvalue weighted by atomic mass is 16.5. The molecule has 1 aliphatic rings. The molecule has 118 valence electrons. The van der Waals surface area contributed by atoms with Gasteiger partial charge in [0, 0.05) is 13.3 Å². The lowest BCUT2D eigenvalue weighted by atomic mass is 9.85. The van der Waals surface area contributed by atoms with Gasteiger partial charge in [-0.1, -0.05) is 13.3 Å². The summed E-state index contributed by atoms with van der Waals surface area (Å²) in [5.41, 5.74) is -0.619. The number of rotatable bonds is 5. The zero-order chi connectivity index (χ0) is 15.5. The molecule has 1 rings (SSSR count). The van der Waals surface area contributed by atoms with E-state index in [-0.39, 0.29) is 5.91 Å². The fourth-order valence-electron chi connectivity index (χ4n) is 2.72. The Morgan fingerprint density at radius 3 is 2.55 bits per heavy atom. The van der Waals surface area contributed by atoms with E-state index in [0.717, 1.165) is 6.42 Å². The largest absolute Gasteiger partial charge is 0.391 e. The van der Waals surface area contributed by atoms with Gasteiger partial charge in [0.2, 0.25) is 5.91 Å². The lowest BCUT2D eigenvalue weighted by Crippen LogP contribution is -2.64. The first-order valence-electron chi connectivity index (χ1n) is 7.17. The molecule has 0 aliphatic carbocycles. The molecule has 0 bridgehead atoms. The number of carbonyl (C=O) groups excluding carboxylic acids is 1. The molecule has 0 aromatic heterocycles. The second-order valence-corrected chi connectivity index (χ2v) is 6.19. The molecule has 0 saturated carbocycles. The standard InChI is InChI=1S/C14H27NO5/c1-5-6-9(17)12(19)13-11(15-8(2)16)10(18)7-14(3,4)20-13/h9-13,17-19H,5-7H2,1-4H3,(H,15,16)/t9-,10-,11?,12-,13?/m1/s1. The van der Waals surface area contributed by atoms with Gasteiger partial charge in [0.05, 0.1) is 23.9 Å². The smallest absolute Gasteiger partial charge is 0.217 e. The molecule has 6 heteroatoms. The maximum Gasteiger partial charge on any atom is 0.217 e. The molecule has 0 spiro atoms. The quantitative estimate of drug-likeness (QED) is 0.568. The summed E-state index contributed by atoms with van der Waals surface area (Å²) in [5.74, 6) is -0.306. The van der Waals surface area contributed by atoms with Gasteiger partial charge in [0.1, 0.15) is 12.2 Å². The maximum absolute atomic E-state index is 11.3. The summed E-state index contributed by atoms with van der Waals surface area (Å²) < 4.78 is 5.80. The molecule has 1 fully saturated rings. The van der Waals surface area contributed by atoms with Crippen LogP contribution >= 0.6 is 0 Å². The molecule has 2 unspecified atom stereocenters. The Labute approximate surface area is 120 Å². The van der Waals surface area contributed by atoms with Crippen molar-refractivity contribution in [1.82, 2.24) is 5.32 Å². The second-order valence-electron chi connectivity index (χ2n) is 6.19. The molecule has 1 aliphatic heterocycles.